The van der Waals surface area contributed by atoms with Crippen LogP contribution in [0.25, 0.3) is 11.0 Å². The van der Waals surface area contributed by atoms with E-state index in [0.29, 0.717) is 0 Å². The average Bonchev–Trinajstić information content (AvgIpc) is 3.18. The second-order valence-corrected chi connectivity index (χ2v) is 7.41. The summed E-state index contributed by atoms with van der Waals surface area (Å²) in [5, 5.41) is 5.03. The van der Waals surface area contributed by atoms with Crippen LogP contribution < -0.4 is 4.90 Å². The second-order valence-electron chi connectivity index (χ2n) is 6.22. The highest BCUT2D eigenvalue weighted by Crippen LogP contribution is 2.32. The largest absolute Gasteiger partial charge is 0.333 e. The molecule has 7 heteroatoms. The Kier molecular flexibility index (Phi) is 3.60. The van der Waals surface area contributed by atoms with E-state index in [2.05, 4.69) is 28.1 Å². The number of aromatic nitrogens is 4. The lowest BCUT2D eigenvalue weighted by atomic mass is 10.2. The quantitative estimate of drug-likeness (QED) is 0.795. The number of hydrogen-bond donors (Lipinski definition) is 1. The molecule has 3 heterocycles. The maximum Gasteiger partial charge on any atom is 0.241 e. The normalized spacial score (nSPS) is 18.0. The van der Waals surface area contributed by atoms with Crippen molar-refractivity contribution in [3.63, 3.8) is 0 Å². The smallest absolute Gasteiger partial charge is 0.241 e. The number of carbonyl (C=O) groups excluding carboxylic acids is 1. The molecule has 1 fully saturated rings. The van der Waals surface area contributed by atoms with Gasteiger partial charge in [0.1, 0.15) is 5.82 Å². The number of rotatable bonds is 3. The Morgan fingerprint density at radius 3 is 2.88 bits per heavy atom. The lowest BCUT2D eigenvalue weighted by Gasteiger charge is -2.15. The number of imidazole rings is 1. The summed E-state index contributed by atoms with van der Waals surface area (Å²) in [5.74, 6) is 0.987. The molecule has 1 aliphatic heterocycles. The van der Waals surface area contributed by atoms with Crippen LogP contribution in [0.5, 0.6) is 0 Å². The van der Waals surface area contributed by atoms with Crippen LogP contribution in [0.3, 0.4) is 0 Å². The number of amides is 1. The lowest BCUT2D eigenvalue weighted by Crippen LogP contribution is -2.29. The molecule has 0 aliphatic carbocycles. The van der Waals surface area contributed by atoms with E-state index in [1.54, 1.807) is 4.68 Å². The highest BCUT2D eigenvalue weighted by Gasteiger charge is 2.35. The number of anilines is 1. The van der Waals surface area contributed by atoms with Crippen molar-refractivity contribution >= 4 is 34.5 Å². The minimum Gasteiger partial charge on any atom is -0.333 e. The molecule has 0 saturated carbocycles. The molecule has 1 aromatic carbocycles. The molecule has 124 valence electrons. The van der Waals surface area contributed by atoms with Gasteiger partial charge in [-0.25, -0.2) is 4.98 Å². The Hall–Kier alpha value is -2.28. The van der Waals surface area contributed by atoms with Gasteiger partial charge in [-0.3, -0.25) is 14.4 Å². The van der Waals surface area contributed by atoms with Gasteiger partial charge in [0.15, 0.2) is 5.16 Å². The third kappa shape index (κ3) is 2.58. The van der Waals surface area contributed by atoms with Crippen LogP contribution in [0.2, 0.25) is 0 Å². The molecule has 1 atom stereocenters. The van der Waals surface area contributed by atoms with Gasteiger partial charge in [-0.15, -0.1) is 0 Å². The number of fused-ring (bicyclic) bond motifs is 1. The molecule has 6 nitrogen and oxygen atoms in total. The highest BCUT2D eigenvalue weighted by atomic mass is 32.2. The second kappa shape index (κ2) is 5.66. The summed E-state index contributed by atoms with van der Waals surface area (Å²) in [5.41, 5.74) is 4.07. The number of H-pyrrole nitrogens is 1. The average molecular weight is 341 g/mol. The Balaban J connectivity index is 1.54. The van der Waals surface area contributed by atoms with Crippen LogP contribution in [0, 0.1) is 13.8 Å². The van der Waals surface area contributed by atoms with Gasteiger partial charge in [-0.05, 0) is 38.0 Å². The fraction of sp³-hybridized carbons (Fsp3) is 0.353. The number of carbonyl (C=O) groups is 1. The van der Waals surface area contributed by atoms with E-state index in [1.807, 2.05) is 37.1 Å². The zero-order chi connectivity index (χ0) is 16.8. The fourth-order valence-corrected chi connectivity index (χ4v) is 4.17. The summed E-state index contributed by atoms with van der Waals surface area (Å²) in [6.07, 6.45) is 0.809. The molecule has 0 bridgehead atoms. The summed E-state index contributed by atoms with van der Waals surface area (Å²) in [6.45, 7) is 4.71. The number of aromatic amines is 1. The first kappa shape index (κ1) is 15.3. The van der Waals surface area contributed by atoms with E-state index >= 15 is 0 Å². The summed E-state index contributed by atoms with van der Waals surface area (Å²) >= 11 is 1.51. The van der Waals surface area contributed by atoms with Gasteiger partial charge >= 0.3 is 0 Å². The van der Waals surface area contributed by atoms with E-state index in [4.69, 9.17) is 0 Å². The number of benzene rings is 1. The Bertz CT molecular complexity index is 928. The first-order valence-electron chi connectivity index (χ1n) is 7.96. The first-order valence-corrected chi connectivity index (χ1v) is 8.84. The minimum atomic E-state index is -0.109. The van der Waals surface area contributed by atoms with Crippen molar-refractivity contribution in [2.75, 3.05) is 11.4 Å². The van der Waals surface area contributed by atoms with E-state index in [0.717, 1.165) is 40.7 Å². The van der Waals surface area contributed by atoms with E-state index in [1.165, 1.54) is 17.3 Å². The fourth-order valence-electron chi connectivity index (χ4n) is 3.13. The summed E-state index contributed by atoms with van der Waals surface area (Å²) in [7, 11) is 1.87. The van der Waals surface area contributed by atoms with Gasteiger partial charge in [0, 0.05) is 19.7 Å². The zero-order valence-corrected chi connectivity index (χ0v) is 14.7. The van der Waals surface area contributed by atoms with Crippen LogP contribution in [0.15, 0.2) is 29.4 Å². The minimum absolute atomic E-state index is 0.109. The molecule has 4 rings (SSSR count). The molecular weight excluding hydrogens is 322 g/mol. The molecule has 1 aliphatic rings. The van der Waals surface area contributed by atoms with Gasteiger partial charge < -0.3 is 4.98 Å². The van der Waals surface area contributed by atoms with Crippen molar-refractivity contribution < 1.29 is 4.79 Å². The topological polar surface area (TPSA) is 66.8 Å². The first-order chi connectivity index (χ1) is 11.5. The van der Waals surface area contributed by atoms with Crippen LogP contribution in [0.4, 0.5) is 5.82 Å². The Morgan fingerprint density at radius 1 is 1.29 bits per heavy atom. The summed E-state index contributed by atoms with van der Waals surface area (Å²) in [6, 6.07) is 8.08. The van der Waals surface area contributed by atoms with Gasteiger partial charge in [-0.1, -0.05) is 17.8 Å². The van der Waals surface area contributed by atoms with Crippen molar-refractivity contribution in [1.82, 2.24) is 19.7 Å². The van der Waals surface area contributed by atoms with Crippen LogP contribution in [-0.2, 0) is 11.8 Å². The van der Waals surface area contributed by atoms with Crippen molar-refractivity contribution in [2.45, 2.75) is 30.7 Å². The van der Waals surface area contributed by atoms with Crippen LogP contribution >= 0.6 is 11.8 Å². The van der Waals surface area contributed by atoms with E-state index in [-0.39, 0.29) is 11.2 Å². The van der Waals surface area contributed by atoms with Crippen LogP contribution in [0.1, 0.15) is 17.7 Å². The predicted octanol–water partition coefficient (Wildman–Crippen LogP) is 2.81. The van der Waals surface area contributed by atoms with E-state index in [9.17, 15) is 4.79 Å². The Labute approximate surface area is 144 Å². The standard InChI is InChI=1S/C17H19N5OS/c1-10-4-5-12-13(8-10)19-17(18-12)24-14-6-7-22(16(14)23)15-9-11(2)20-21(15)3/h4-5,8-9,14H,6-7H2,1-3H3,(H,18,19)/t14-/m0/s1. The molecule has 24 heavy (non-hydrogen) atoms. The third-order valence-electron chi connectivity index (χ3n) is 4.28. The van der Waals surface area contributed by atoms with Crippen molar-refractivity contribution in [3.05, 3.63) is 35.5 Å². The Morgan fingerprint density at radius 2 is 2.12 bits per heavy atom. The van der Waals surface area contributed by atoms with Crippen molar-refractivity contribution in [1.29, 1.82) is 0 Å². The summed E-state index contributed by atoms with van der Waals surface area (Å²) in [4.78, 5) is 22.5. The zero-order valence-electron chi connectivity index (χ0n) is 13.9. The predicted molar refractivity (Wildman–Crippen MR) is 95.4 cm³/mol. The molecule has 0 spiro atoms. The number of thioether (sulfide) groups is 1. The van der Waals surface area contributed by atoms with Crippen molar-refractivity contribution in [3.8, 4) is 0 Å². The maximum absolute atomic E-state index is 12.8. The molecule has 1 N–H and O–H groups in total. The lowest BCUT2D eigenvalue weighted by molar-refractivity contribution is -0.116. The molecular formula is C17H19N5OS. The maximum atomic E-state index is 12.8. The third-order valence-corrected chi connectivity index (χ3v) is 5.42. The van der Waals surface area contributed by atoms with Gasteiger partial charge in [0.05, 0.1) is 22.0 Å². The number of aryl methyl sites for hydroxylation is 3. The molecule has 3 aromatic rings. The van der Waals surface area contributed by atoms with E-state index < -0.39 is 0 Å². The number of nitrogens with zero attached hydrogens (tertiary/aromatic N) is 4. The SMILES string of the molecule is Cc1ccc2nc(S[C@H]3CCN(c4cc(C)nn4C)C3=O)[nH]c2c1. The van der Waals surface area contributed by atoms with Crippen molar-refractivity contribution in [2.24, 2.45) is 7.05 Å². The van der Waals surface area contributed by atoms with Gasteiger partial charge in [0.2, 0.25) is 5.91 Å². The number of hydrogen-bond acceptors (Lipinski definition) is 4. The van der Waals surface area contributed by atoms with Gasteiger partial charge in [-0.2, -0.15) is 5.10 Å². The highest BCUT2D eigenvalue weighted by molar-refractivity contribution is 8.00. The van der Waals surface area contributed by atoms with Gasteiger partial charge in [0.25, 0.3) is 0 Å². The molecule has 1 amide bonds. The molecule has 0 radical (unpaired) electrons. The summed E-state index contributed by atoms with van der Waals surface area (Å²) < 4.78 is 1.77. The monoisotopic (exact) mass is 341 g/mol. The molecule has 1 saturated heterocycles. The van der Waals surface area contributed by atoms with Crippen LogP contribution in [-0.4, -0.2) is 37.5 Å². The molecule has 2 aromatic heterocycles. The molecule has 0 unspecified atom stereocenters. The number of nitrogens with one attached hydrogen (secondary N) is 1.